The fourth-order valence-electron chi connectivity index (χ4n) is 3.57. The van der Waals surface area contributed by atoms with Crippen LogP contribution >= 0.6 is 0 Å². The molecule has 7 heteroatoms. The summed E-state index contributed by atoms with van der Waals surface area (Å²) in [7, 11) is 0. The summed E-state index contributed by atoms with van der Waals surface area (Å²) >= 11 is 0. The van der Waals surface area contributed by atoms with Crippen LogP contribution in [-0.4, -0.2) is 16.1 Å². The second-order valence-corrected chi connectivity index (χ2v) is 6.68. The molecule has 0 aliphatic heterocycles. The molecule has 1 atom stereocenters. The minimum absolute atomic E-state index is 0.0436. The zero-order chi connectivity index (χ0) is 19.0. The van der Waals surface area contributed by atoms with E-state index in [9.17, 15) is 17.6 Å². The number of nitrogens with one attached hydrogen (secondary N) is 2. The van der Waals surface area contributed by atoms with Crippen molar-refractivity contribution in [1.29, 1.82) is 0 Å². The molecule has 3 aromatic rings. The summed E-state index contributed by atoms with van der Waals surface area (Å²) in [6.45, 7) is 0. The second kappa shape index (κ2) is 6.72. The van der Waals surface area contributed by atoms with Gasteiger partial charge >= 0.3 is 6.18 Å². The highest BCUT2D eigenvalue weighted by atomic mass is 19.4. The van der Waals surface area contributed by atoms with Crippen molar-refractivity contribution < 1.29 is 17.6 Å². The van der Waals surface area contributed by atoms with Gasteiger partial charge in [0.15, 0.2) is 0 Å². The number of rotatable bonds is 3. The summed E-state index contributed by atoms with van der Waals surface area (Å²) in [5.74, 6) is -1.73. The average Bonchev–Trinajstić information content (AvgIpc) is 3.00. The van der Waals surface area contributed by atoms with E-state index in [2.05, 4.69) is 15.3 Å². The number of aromatic nitrogens is 2. The molecule has 1 aliphatic rings. The van der Waals surface area contributed by atoms with Crippen molar-refractivity contribution in [2.75, 3.05) is 5.32 Å². The van der Waals surface area contributed by atoms with Crippen molar-refractivity contribution in [3.8, 4) is 11.3 Å². The van der Waals surface area contributed by atoms with Crippen LogP contribution in [-0.2, 0) is 12.8 Å². The standard InChI is InChI=1S/C20H17F4N3/c21-14-2-1-3-15(11-14)26-19-16-5-4-13(20(22,23)24)10-17(16)27-18(19)12-6-8-25-9-7-12/h1-3,6-9,11,13,26-27H,4-5,10H2. The Morgan fingerprint density at radius 2 is 1.89 bits per heavy atom. The van der Waals surface area contributed by atoms with Gasteiger partial charge in [-0.25, -0.2) is 4.39 Å². The third-order valence-corrected chi connectivity index (χ3v) is 4.91. The van der Waals surface area contributed by atoms with Crippen LogP contribution in [0.5, 0.6) is 0 Å². The first-order valence-electron chi connectivity index (χ1n) is 8.65. The van der Waals surface area contributed by atoms with Crippen LogP contribution < -0.4 is 5.32 Å². The highest BCUT2D eigenvalue weighted by molar-refractivity contribution is 5.82. The zero-order valence-electron chi connectivity index (χ0n) is 14.3. The van der Waals surface area contributed by atoms with Crippen molar-refractivity contribution in [3.63, 3.8) is 0 Å². The number of aromatic amines is 1. The Morgan fingerprint density at radius 1 is 1.11 bits per heavy atom. The number of benzene rings is 1. The molecule has 0 fully saturated rings. The van der Waals surface area contributed by atoms with Crippen molar-refractivity contribution in [2.45, 2.75) is 25.4 Å². The van der Waals surface area contributed by atoms with E-state index in [0.717, 1.165) is 11.1 Å². The van der Waals surface area contributed by atoms with Crippen LogP contribution in [0.1, 0.15) is 17.7 Å². The van der Waals surface area contributed by atoms with Crippen LogP contribution in [0.2, 0.25) is 0 Å². The Kier molecular flexibility index (Phi) is 4.37. The van der Waals surface area contributed by atoms with Gasteiger partial charge < -0.3 is 10.3 Å². The lowest BCUT2D eigenvalue weighted by Gasteiger charge is -2.25. The minimum atomic E-state index is -4.21. The molecule has 2 heterocycles. The molecule has 0 saturated heterocycles. The Hall–Kier alpha value is -2.83. The molecule has 0 saturated carbocycles. The number of anilines is 2. The third kappa shape index (κ3) is 3.54. The van der Waals surface area contributed by atoms with Crippen LogP contribution in [0.3, 0.4) is 0 Å². The minimum Gasteiger partial charge on any atom is -0.356 e. The summed E-state index contributed by atoms with van der Waals surface area (Å²) in [6.07, 6.45) is -0.697. The Balaban J connectivity index is 1.78. The van der Waals surface area contributed by atoms with E-state index in [0.29, 0.717) is 29.2 Å². The van der Waals surface area contributed by atoms with Crippen LogP contribution in [0.4, 0.5) is 28.9 Å². The molecule has 1 aliphatic carbocycles. The van der Waals surface area contributed by atoms with Gasteiger partial charge in [-0.2, -0.15) is 13.2 Å². The van der Waals surface area contributed by atoms with E-state index < -0.39 is 12.1 Å². The molecular weight excluding hydrogens is 358 g/mol. The fourth-order valence-corrected chi connectivity index (χ4v) is 3.57. The number of nitrogens with zero attached hydrogens (tertiary/aromatic N) is 1. The lowest BCUT2D eigenvalue weighted by atomic mass is 9.87. The van der Waals surface area contributed by atoms with Crippen molar-refractivity contribution >= 4 is 11.4 Å². The van der Waals surface area contributed by atoms with Crippen molar-refractivity contribution in [2.24, 2.45) is 5.92 Å². The van der Waals surface area contributed by atoms with Crippen LogP contribution in [0, 0.1) is 11.7 Å². The molecule has 2 N–H and O–H groups in total. The van der Waals surface area contributed by atoms with Crippen LogP contribution in [0.25, 0.3) is 11.3 Å². The first-order valence-corrected chi connectivity index (χ1v) is 8.65. The number of H-pyrrole nitrogens is 1. The van der Waals surface area contributed by atoms with Gasteiger partial charge in [0.2, 0.25) is 0 Å². The number of fused-ring (bicyclic) bond motifs is 1. The van der Waals surface area contributed by atoms with Gasteiger partial charge in [-0.1, -0.05) is 6.07 Å². The topological polar surface area (TPSA) is 40.7 Å². The van der Waals surface area contributed by atoms with E-state index >= 15 is 0 Å². The molecule has 27 heavy (non-hydrogen) atoms. The summed E-state index contributed by atoms with van der Waals surface area (Å²) in [6, 6.07) is 9.58. The molecule has 0 radical (unpaired) electrons. The van der Waals surface area contributed by atoms with Gasteiger partial charge in [-0.3, -0.25) is 4.98 Å². The highest BCUT2D eigenvalue weighted by Crippen LogP contribution is 2.43. The van der Waals surface area contributed by atoms with E-state index in [-0.39, 0.29) is 18.7 Å². The molecule has 0 bridgehead atoms. The number of alkyl halides is 3. The zero-order valence-corrected chi connectivity index (χ0v) is 14.3. The molecule has 140 valence electrons. The van der Waals surface area contributed by atoms with Crippen molar-refractivity contribution in [3.05, 3.63) is 65.9 Å². The first-order chi connectivity index (χ1) is 12.9. The first kappa shape index (κ1) is 17.6. The SMILES string of the molecule is Fc1cccc(Nc2c(-c3ccncc3)[nH]c3c2CCC(C(F)(F)F)C3)c1. The van der Waals surface area contributed by atoms with E-state index in [1.54, 1.807) is 36.7 Å². The highest BCUT2D eigenvalue weighted by Gasteiger charge is 2.42. The van der Waals surface area contributed by atoms with E-state index in [4.69, 9.17) is 0 Å². The largest absolute Gasteiger partial charge is 0.392 e. The summed E-state index contributed by atoms with van der Waals surface area (Å²) < 4.78 is 53.1. The number of pyridine rings is 1. The second-order valence-electron chi connectivity index (χ2n) is 6.68. The third-order valence-electron chi connectivity index (χ3n) is 4.91. The van der Waals surface area contributed by atoms with Gasteiger partial charge in [0.1, 0.15) is 5.82 Å². The fraction of sp³-hybridized carbons (Fsp3) is 0.250. The molecule has 1 aromatic carbocycles. The Bertz CT molecular complexity index is 948. The predicted octanol–water partition coefficient (Wildman–Crippen LogP) is 5.63. The van der Waals surface area contributed by atoms with Crippen molar-refractivity contribution in [1.82, 2.24) is 9.97 Å². The number of hydrogen-bond donors (Lipinski definition) is 2. The summed E-state index contributed by atoms with van der Waals surface area (Å²) in [5, 5.41) is 3.20. The summed E-state index contributed by atoms with van der Waals surface area (Å²) in [4.78, 5) is 7.16. The number of halogens is 4. The Morgan fingerprint density at radius 3 is 2.59 bits per heavy atom. The van der Waals surface area contributed by atoms with Gasteiger partial charge in [0.05, 0.1) is 17.3 Å². The molecule has 0 amide bonds. The van der Waals surface area contributed by atoms with E-state index in [1.165, 1.54) is 12.1 Å². The quantitative estimate of drug-likeness (QED) is 0.583. The summed E-state index contributed by atoms with van der Waals surface area (Å²) in [5.41, 5.74) is 4.14. The maximum absolute atomic E-state index is 13.6. The molecule has 4 rings (SSSR count). The van der Waals surface area contributed by atoms with E-state index in [1.807, 2.05) is 0 Å². The lowest BCUT2D eigenvalue weighted by molar-refractivity contribution is -0.177. The lowest BCUT2D eigenvalue weighted by Crippen LogP contribution is -2.28. The van der Waals surface area contributed by atoms with Gasteiger partial charge in [-0.15, -0.1) is 0 Å². The number of hydrogen-bond acceptors (Lipinski definition) is 2. The van der Waals surface area contributed by atoms with Crippen LogP contribution in [0.15, 0.2) is 48.8 Å². The molecule has 3 nitrogen and oxygen atoms in total. The smallest absolute Gasteiger partial charge is 0.356 e. The normalized spacial score (nSPS) is 16.8. The maximum atomic E-state index is 13.6. The average molecular weight is 375 g/mol. The van der Waals surface area contributed by atoms with Gasteiger partial charge in [0, 0.05) is 29.3 Å². The van der Waals surface area contributed by atoms with Gasteiger partial charge in [0.25, 0.3) is 0 Å². The molecule has 1 unspecified atom stereocenters. The maximum Gasteiger partial charge on any atom is 0.392 e. The molecule has 2 aromatic heterocycles. The molecule has 0 spiro atoms. The Labute approximate surface area is 153 Å². The molecular formula is C20H17F4N3. The monoisotopic (exact) mass is 375 g/mol. The predicted molar refractivity (Wildman–Crippen MR) is 95.3 cm³/mol. The van der Waals surface area contributed by atoms with Gasteiger partial charge in [-0.05, 0) is 55.2 Å².